The number of unbranched alkanes of at least 4 members (excludes halogenated alkanes) is 12. The maximum Gasteiger partial charge on any atom is 0.305 e. The van der Waals surface area contributed by atoms with Crippen LogP contribution in [0.4, 0.5) is 0 Å². The standard InChI is InChI=1S/C42H74N2O6/c1-6-7-8-9-10-11-12-13-14-15-16-17-18-19-20-23-28-42(29-24-25-30-42)39(48)44-34-27-22-21-26-33(34)35(31-36(45)46)43-38(47)37-40(2,3)32-49-41(4,5)50-37/h13-14,33-35,37H,6-12,15-32H2,1-5H3,(H,43,47)(H,44,48)(H,45,46)/b14-13-. The van der Waals surface area contributed by atoms with E-state index in [-0.39, 0.29) is 35.6 Å². The largest absolute Gasteiger partial charge is 0.481 e. The van der Waals surface area contributed by atoms with Crippen LogP contribution in [0, 0.1) is 16.7 Å². The SMILES string of the molecule is CCCCCCCC/C=C\CCCCCCCCC1(C(=O)NC2CCCCC2C(CC(=O)O)NC(=O)C2OC(C)(C)OCC2(C)C)CCCC1. The number of ether oxygens (including phenoxy) is 2. The summed E-state index contributed by atoms with van der Waals surface area (Å²) >= 11 is 0. The number of nitrogens with one attached hydrogen (secondary N) is 2. The van der Waals surface area contributed by atoms with Gasteiger partial charge < -0.3 is 25.2 Å². The second-order valence-electron chi connectivity index (χ2n) is 17.1. The van der Waals surface area contributed by atoms with Crippen LogP contribution in [0.2, 0.25) is 0 Å². The van der Waals surface area contributed by atoms with Gasteiger partial charge in [0.05, 0.1) is 13.0 Å². The summed E-state index contributed by atoms with van der Waals surface area (Å²) in [4.78, 5) is 39.8. The third kappa shape index (κ3) is 14.2. The molecule has 8 heteroatoms. The molecule has 1 saturated heterocycles. The lowest BCUT2D eigenvalue weighted by molar-refractivity contribution is -0.304. The van der Waals surface area contributed by atoms with Crippen molar-refractivity contribution >= 4 is 17.8 Å². The van der Waals surface area contributed by atoms with Gasteiger partial charge in [-0.05, 0) is 77.6 Å². The zero-order valence-corrected chi connectivity index (χ0v) is 32.6. The maximum absolute atomic E-state index is 14.1. The Kier molecular flexibility index (Phi) is 18.3. The minimum atomic E-state index is -0.953. The van der Waals surface area contributed by atoms with E-state index in [1.165, 1.54) is 83.5 Å². The van der Waals surface area contributed by atoms with Crippen LogP contribution in [-0.4, -0.2) is 53.5 Å². The molecule has 2 aliphatic carbocycles. The Morgan fingerprint density at radius 2 is 1.38 bits per heavy atom. The molecule has 0 aromatic rings. The number of carbonyl (C=O) groups excluding carboxylic acids is 2. The molecule has 3 fully saturated rings. The van der Waals surface area contributed by atoms with Crippen molar-refractivity contribution in [1.29, 1.82) is 0 Å². The van der Waals surface area contributed by atoms with Crippen LogP contribution < -0.4 is 10.6 Å². The van der Waals surface area contributed by atoms with Crippen LogP contribution in [0.15, 0.2) is 12.2 Å². The topological polar surface area (TPSA) is 114 Å². The molecule has 1 aliphatic heterocycles. The molecule has 1 heterocycles. The Labute approximate surface area is 305 Å². The average molecular weight is 703 g/mol. The smallest absolute Gasteiger partial charge is 0.305 e. The minimum absolute atomic E-state index is 0.146. The first-order valence-electron chi connectivity index (χ1n) is 20.7. The molecule has 0 aromatic carbocycles. The number of allylic oxidation sites excluding steroid dienone is 2. The first-order valence-corrected chi connectivity index (χ1v) is 20.7. The van der Waals surface area contributed by atoms with E-state index in [1.54, 1.807) is 13.8 Å². The summed E-state index contributed by atoms with van der Waals surface area (Å²) in [6.45, 7) is 10.1. The van der Waals surface area contributed by atoms with E-state index in [0.717, 1.165) is 64.2 Å². The van der Waals surface area contributed by atoms with Gasteiger partial charge in [0.15, 0.2) is 5.79 Å². The van der Waals surface area contributed by atoms with E-state index in [1.807, 2.05) is 13.8 Å². The van der Waals surface area contributed by atoms with Crippen LogP contribution in [0.1, 0.15) is 189 Å². The highest BCUT2D eigenvalue weighted by Crippen LogP contribution is 2.43. The van der Waals surface area contributed by atoms with Gasteiger partial charge in [-0.2, -0.15) is 0 Å². The number of hydrogen-bond acceptors (Lipinski definition) is 5. The van der Waals surface area contributed by atoms with Crippen LogP contribution in [0.5, 0.6) is 0 Å². The summed E-state index contributed by atoms with van der Waals surface area (Å²) in [5.74, 6) is -2.16. The lowest BCUT2D eigenvalue weighted by atomic mass is 9.76. The quantitative estimate of drug-likeness (QED) is 0.0722. The maximum atomic E-state index is 14.1. The molecular weight excluding hydrogens is 628 g/mol. The highest BCUT2D eigenvalue weighted by Gasteiger charge is 2.48. The van der Waals surface area contributed by atoms with Crippen molar-refractivity contribution in [2.75, 3.05) is 6.61 Å². The van der Waals surface area contributed by atoms with Gasteiger partial charge in [0.25, 0.3) is 0 Å². The normalized spacial score (nSPS) is 24.9. The molecular formula is C42H74N2O6. The Bertz CT molecular complexity index is 1050. The second-order valence-corrected chi connectivity index (χ2v) is 17.1. The molecule has 4 unspecified atom stereocenters. The van der Waals surface area contributed by atoms with E-state index in [0.29, 0.717) is 6.61 Å². The average Bonchev–Trinajstić information content (AvgIpc) is 3.56. The van der Waals surface area contributed by atoms with Crippen molar-refractivity contribution < 1.29 is 29.0 Å². The predicted molar refractivity (Wildman–Crippen MR) is 202 cm³/mol. The van der Waals surface area contributed by atoms with Gasteiger partial charge >= 0.3 is 5.97 Å². The van der Waals surface area contributed by atoms with Crippen LogP contribution >= 0.6 is 0 Å². The fourth-order valence-corrected chi connectivity index (χ4v) is 8.57. The molecule has 2 saturated carbocycles. The van der Waals surface area contributed by atoms with Gasteiger partial charge in [-0.15, -0.1) is 0 Å². The van der Waals surface area contributed by atoms with Crippen molar-refractivity contribution in [3.63, 3.8) is 0 Å². The van der Waals surface area contributed by atoms with E-state index in [2.05, 4.69) is 29.7 Å². The van der Waals surface area contributed by atoms with Gasteiger partial charge in [-0.3, -0.25) is 14.4 Å². The van der Waals surface area contributed by atoms with Crippen LogP contribution in [-0.2, 0) is 23.9 Å². The molecule has 3 aliphatic rings. The predicted octanol–water partition coefficient (Wildman–Crippen LogP) is 9.79. The molecule has 0 aromatic heterocycles. The van der Waals surface area contributed by atoms with E-state index in [9.17, 15) is 19.5 Å². The molecule has 3 N–H and O–H groups in total. The lowest BCUT2D eigenvalue weighted by Gasteiger charge is -2.46. The summed E-state index contributed by atoms with van der Waals surface area (Å²) in [7, 11) is 0. The van der Waals surface area contributed by atoms with E-state index < -0.39 is 29.3 Å². The van der Waals surface area contributed by atoms with E-state index in [4.69, 9.17) is 9.47 Å². The number of carbonyl (C=O) groups is 3. The second kappa shape index (κ2) is 21.6. The summed E-state index contributed by atoms with van der Waals surface area (Å²) in [5.41, 5.74) is -0.883. The summed E-state index contributed by atoms with van der Waals surface area (Å²) in [5, 5.41) is 16.4. The molecule has 8 nitrogen and oxygen atoms in total. The molecule has 0 spiro atoms. The molecule has 0 radical (unpaired) electrons. The Hall–Kier alpha value is -1.93. The third-order valence-corrected chi connectivity index (χ3v) is 11.7. The highest BCUT2D eigenvalue weighted by molar-refractivity contribution is 5.84. The monoisotopic (exact) mass is 703 g/mol. The fraction of sp³-hybridized carbons (Fsp3) is 0.881. The molecule has 2 amide bonds. The number of carboxylic acids is 1. The van der Waals surface area contributed by atoms with Gasteiger partial charge in [-0.25, -0.2) is 0 Å². The zero-order chi connectivity index (χ0) is 36.5. The minimum Gasteiger partial charge on any atom is -0.481 e. The lowest BCUT2D eigenvalue weighted by Crippen LogP contribution is -2.60. The summed E-state index contributed by atoms with van der Waals surface area (Å²) in [6, 6.07) is -0.746. The number of rotatable bonds is 23. The highest BCUT2D eigenvalue weighted by atomic mass is 16.7. The van der Waals surface area contributed by atoms with Crippen LogP contribution in [0.3, 0.4) is 0 Å². The van der Waals surface area contributed by atoms with Crippen molar-refractivity contribution in [2.24, 2.45) is 16.7 Å². The number of carboxylic acid groups (broad SMARTS) is 1. The molecule has 4 atom stereocenters. The summed E-state index contributed by atoms with van der Waals surface area (Å²) in [6.07, 6.45) is 30.2. The Balaban J connectivity index is 1.46. The van der Waals surface area contributed by atoms with Gasteiger partial charge in [-0.1, -0.05) is 123 Å². The number of amides is 2. The molecule has 50 heavy (non-hydrogen) atoms. The van der Waals surface area contributed by atoms with Gasteiger partial charge in [0.2, 0.25) is 11.8 Å². The van der Waals surface area contributed by atoms with Crippen molar-refractivity contribution in [3.8, 4) is 0 Å². The first-order chi connectivity index (χ1) is 23.9. The van der Waals surface area contributed by atoms with Crippen molar-refractivity contribution in [3.05, 3.63) is 12.2 Å². The molecule has 288 valence electrons. The van der Waals surface area contributed by atoms with Crippen LogP contribution in [0.25, 0.3) is 0 Å². The summed E-state index contributed by atoms with van der Waals surface area (Å²) < 4.78 is 11.9. The van der Waals surface area contributed by atoms with Gasteiger partial charge in [0.1, 0.15) is 6.10 Å². The zero-order valence-electron chi connectivity index (χ0n) is 32.6. The van der Waals surface area contributed by atoms with E-state index >= 15 is 0 Å². The van der Waals surface area contributed by atoms with Crippen molar-refractivity contribution in [2.45, 2.75) is 213 Å². The fourth-order valence-electron chi connectivity index (χ4n) is 8.57. The molecule has 3 rings (SSSR count). The third-order valence-electron chi connectivity index (χ3n) is 11.7. The molecule has 0 bridgehead atoms. The Morgan fingerprint density at radius 1 is 0.800 bits per heavy atom. The number of hydrogen-bond donors (Lipinski definition) is 3. The first kappa shape index (κ1) is 42.5. The van der Waals surface area contributed by atoms with Crippen molar-refractivity contribution in [1.82, 2.24) is 10.6 Å². The number of aliphatic carboxylic acids is 1. The Morgan fingerprint density at radius 3 is 2.00 bits per heavy atom. The van der Waals surface area contributed by atoms with Gasteiger partial charge in [0, 0.05) is 22.9 Å².